The number of carbonyl (C=O) groups excluding carboxylic acids is 1. The third-order valence-electron chi connectivity index (χ3n) is 2.39. The molecule has 18 heavy (non-hydrogen) atoms. The second-order valence-corrected chi connectivity index (χ2v) is 4.59. The van der Waals surface area contributed by atoms with Crippen LogP contribution >= 0.6 is 11.3 Å². The lowest BCUT2D eigenvalue weighted by molar-refractivity contribution is 0.0602. The number of anilines is 2. The number of hydrogen-bond acceptors (Lipinski definition) is 6. The normalized spacial score (nSPS) is 10.1. The smallest absolute Gasteiger partial charge is 0.340 e. The molecule has 0 amide bonds. The summed E-state index contributed by atoms with van der Waals surface area (Å²) in [5.74, 6) is -0.408. The molecule has 6 heteroatoms. The van der Waals surface area contributed by atoms with Crippen LogP contribution in [0, 0.1) is 0 Å². The summed E-state index contributed by atoms with van der Waals surface area (Å²) in [4.78, 5) is 16.7. The van der Waals surface area contributed by atoms with Gasteiger partial charge in [0.05, 0.1) is 24.7 Å². The number of aromatic nitrogens is 1. The first-order valence-electron chi connectivity index (χ1n) is 5.30. The number of ether oxygens (including phenoxy) is 1. The van der Waals surface area contributed by atoms with Crippen molar-refractivity contribution in [1.82, 2.24) is 4.98 Å². The van der Waals surface area contributed by atoms with E-state index < -0.39 is 5.97 Å². The molecule has 0 saturated carbocycles. The molecule has 0 radical (unpaired) electrons. The molecule has 3 N–H and O–H groups in total. The zero-order valence-electron chi connectivity index (χ0n) is 9.84. The number of rotatable bonds is 4. The minimum Gasteiger partial charge on any atom is -0.465 e. The van der Waals surface area contributed by atoms with Crippen molar-refractivity contribution < 1.29 is 9.53 Å². The van der Waals surface area contributed by atoms with E-state index in [1.807, 2.05) is 0 Å². The fourth-order valence-electron chi connectivity index (χ4n) is 1.51. The van der Waals surface area contributed by atoms with Gasteiger partial charge in [0.25, 0.3) is 0 Å². The Morgan fingerprint density at radius 3 is 3.06 bits per heavy atom. The maximum absolute atomic E-state index is 11.6. The van der Waals surface area contributed by atoms with Gasteiger partial charge in [0, 0.05) is 22.4 Å². The second kappa shape index (κ2) is 5.50. The van der Waals surface area contributed by atoms with Gasteiger partial charge in [0.1, 0.15) is 0 Å². The molecular weight excluding hydrogens is 250 g/mol. The highest BCUT2D eigenvalue weighted by atomic mass is 32.1. The second-order valence-electron chi connectivity index (χ2n) is 3.62. The number of methoxy groups -OCH3 is 1. The highest BCUT2D eigenvalue weighted by Crippen LogP contribution is 2.21. The van der Waals surface area contributed by atoms with Gasteiger partial charge in [-0.25, -0.2) is 4.79 Å². The molecule has 94 valence electrons. The predicted octanol–water partition coefficient (Wildman–Crippen LogP) is 2.12. The predicted molar refractivity (Wildman–Crippen MR) is 71.6 cm³/mol. The summed E-state index contributed by atoms with van der Waals surface area (Å²) in [6, 6.07) is 5.10. The van der Waals surface area contributed by atoms with Gasteiger partial charge in [-0.15, -0.1) is 11.3 Å². The van der Waals surface area contributed by atoms with Gasteiger partial charge in [-0.2, -0.15) is 0 Å². The zero-order chi connectivity index (χ0) is 13.0. The molecule has 0 aliphatic heterocycles. The van der Waals surface area contributed by atoms with Gasteiger partial charge in [-0.1, -0.05) is 0 Å². The van der Waals surface area contributed by atoms with Crippen molar-refractivity contribution in [3.63, 3.8) is 0 Å². The van der Waals surface area contributed by atoms with Crippen LogP contribution < -0.4 is 11.1 Å². The molecule has 0 fully saturated rings. The highest BCUT2D eigenvalue weighted by Gasteiger charge is 2.12. The standard InChI is InChI=1S/C12H13N3O2S/c1-17-12(16)10-4-8(13)2-3-11(10)15-6-9-5-14-7-18-9/h2-5,7,15H,6,13H2,1H3. The SMILES string of the molecule is COC(=O)c1cc(N)ccc1NCc1cncs1. The van der Waals surface area contributed by atoms with E-state index in [4.69, 9.17) is 10.5 Å². The minimum absolute atomic E-state index is 0.408. The molecule has 0 spiro atoms. The van der Waals surface area contributed by atoms with E-state index in [0.29, 0.717) is 23.5 Å². The van der Waals surface area contributed by atoms with Crippen LogP contribution in [-0.4, -0.2) is 18.1 Å². The van der Waals surface area contributed by atoms with Gasteiger partial charge < -0.3 is 15.8 Å². The number of carbonyl (C=O) groups is 1. The third kappa shape index (κ3) is 2.78. The van der Waals surface area contributed by atoms with Crippen molar-refractivity contribution in [2.24, 2.45) is 0 Å². The van der Waals surface area contributed by atoms with E-state index in [0.717, 1.165) is 4.88 Å². The maximum Gasteiger partial charge on any atom is 0.340 e. The molecule has 0 atom stereocenters. The molecule has 0 bridgehead atoms. The minimum atomic E-state index is -0.408. The van der Waals surface area contributed by atoms with E-state index in [2.05, 4.69) is 10.3 Å². The average molecular weight is 263 g/mol. The first kappa shape index (κ1) is 12.4. The first-order chi connectivity index (χ1) is 8.70. The van der Waals surface area contributed by atoms with E-state index in [9.17, 15) is 4.79 Å². The number of thiazole rings is 1. The van der Waals surface area contributed by atoms with Crippen LogP contribution in [0.5, 0.6) is 0 Å². The van der Waals surface area contributed by atoms with Gasteiger partial charge in [-0.3, -0.25) is 4.98 Å². The van der Waals surface area contributed by atoms with Crippen LogP contribution in [0.15, 0.2) is 29.9 Å². The molecule has 1 aromatic carbocycles. The lowest BCUT2D eigenvalue weighted by Crippen LogP contribution is -2.08. The van der Waals surface area contributed by atoms with Crippen LogP contribution in [0.25, 0.3) is 0 Å². The Labute approximate surface area is 109 Å². The number of benzene rings is 1. The van der Waals surface area contributed by atoms with Crippen LogP contribution in [0.4, 0.5) is 11.4 Å². The Morgan fingerprint density at radius 1 is 1.56 bits per heavy atom. The summed E-state index contributed by atoms with van der Waals surface area (Å²) < 4.78 is 4.72. The Hall–Kier alpha value is -2.08. The molecule has 1 heterocycles. The number of esters is 1. The summed E-state index contributed by atoms with van der Waals surface area (Å²) in [7, 11) is 1.35. The van der Waals surface area contributed by atoms with Crippen molar-refractivity contribution >= 4 is 28.7 Å². The maximum atomic E-state index is 11.6. The van der Waals surface area contributed by atoms with Crippen molar-refractivity contribution in [1.29, 1.82) is 0 Å². The molecule has 5 nitrogen and oxygen atoms in total. The number of nitrogens with two attached hydrogens (primary N) is 1. The fraction of sp³-hybridized carbons (Fsp3) is 0.167. The number of nitrogens with one attached hydrogen (secondary N) is 1. The summed E-state index contributed by atoms with van der Waals surface area (Å²) in [5, 5.41) is 3.17. The van der Waals surface area contributed by atoms with Crippen LogP contribution in [-0.2, 0) is 11.3 Å². The van der Waals surface area contributed by atoms with E-state index in [-0.39, 0.29) is 0 Å². The molecule has 0 aliphatic rings. The van der Waals surface area contributed by atoms with E-state index in [1.165, 1.54) is 7.11 Å². The zero-order valence-corrected chi connectivity index (χ0v) is 10.7. The Bertz CT molecular complexity index is 540. The summed E-state index contributed by atoms with van der Waals surface area (Å²) in [5.41, 5.74) is 9.09. The quantitative estimate of drug-likeness (QED) is 0.652. The van der Waals surface area contributed by atoms with E-state index >= 15 is 0 Å². The monoisotopic (exact) mass is 263 g/mol. The topological polar surface area (TPSA) is 77.2 Å². The fourth-order valence-corrected chi connectivity index (χ4v) is 2.04. The number of nitrogens with zero attached hydrogens (tertiary/aromatic N) is 1. The Morgan fingerprint density at radius 2 is 2.39 bits per heavy atom. The molecule has 1 aromatic heterocycles. The summed E-state index contributed by atoms with van der Waals surface area (Å²) >= 11 is 1.55. The molecule has 0 aliphatic carbocycles. The van der Waals surface area contributed by atoms with Crippen LogP contribution in [0.1, 0.15) is 15.2 Å². The summed E-state index contributed by atoms with van der Waals surface area (Å²) in [6.45, 7) is 0.610. The van der Waals surface area contributed by atoms with Crippen molar-refractivity contribution in [3.8, 4) is 0 Å². The Balaban J connectivity index is 2.18. The largest absolute Gasteiger partial charge is 0.465 e. The molecule has 2 rings (SSSR count). The molecular formula is C12H13N3O2S. The lowest BCUT2D eigenvalue weighted by atomic mass is 10.1. The summed E-state index contributed by atoms with van der Waals surface area (Å²) in [6.07, 6.45) is 1.78. The Kier molecular flexibility index (Phi) is 3.78. The van der Waals surface area contributed by atoms with E-state index in [1.54, 1.807) is 41.2 Å². The lowest BCUT2D eigenvalue weighted by Gasteiger charge is -2.10. The van der Waals surface area contributed by atoms with Crippen LogP contribution in [0.3, 0.4) is 0 Å². The number of hydrogen-bond donors (Lipinski definition) is 2. The van der Waals surface area contributed by atoms with Gasteiger partial charge in [-0.05, 0) is 18.2 Å². The van der Waals surface area contributed by atoms with Gasteiger partial charge in [0.15, 0.2) is 0 Å². The molecule has 0 unspecified atom stereocenters. The molecule has 2 aromatic rings. The average Bonchev–Trinajstić information content (AvgIpc) is 2.89. The number of nitrogen functional groups attached to an aromatic ring is 1. The molecule has 0 saturated heterocycles. The van der Waals surface area contributed by atoms with Crippen molar-refractivity contribution in [3.05, 3.63) is 40.3 Å². The van der Waals surface area contributed by atoms with Crippen molar-refractivity contribution in [2.45, 2.75) is 6.54 Å². The highest BCUT2D eigenvalue weighted by molar-refractivity contribution is 7.09. The van der Waals surface area contributed by atoms with Crippen LogP contribution in [0.2, 0.25) is 0 Å². The third-order valence-corrected chi connectivity index (χ3v) is 3.17. The van der Waals surface area contributed by atoms with Crippen molar-refractivity contribution in [2.75, 3.05) is 18.2 Å². The van der Waals surface area contributed by atoms with Gasteiger partial charge >= 0.3 is 5.97 Å². The van der Waals surface area contributed by atoms with Gasteiger partial charge in [0.2, 0.25) is 0 Å². The first-order valence-corrected chi connectivity index (χ1v) is 6.17.